The molecule has 2 aromatic rings. The van der Waals surface area contributed by atoms with Crippen LogP contribution in [0.5, 0.6) is 5.75 Å². The summed E-state index contributed by atoms with van der Waals surface area (Å²) in [6, 6.07) is 14.5. The molecule has 3 amide bonds. The highest BCUT2D eigenvalue weighted by molar-refractivity contribution is 5.91. The molecule has 2 aromatic carbocycles. The standard InChI is InChI=1S/C23H29N3O5/c1-16-5-11-19(12-6-16)30-15-21(28)26-18-9-7-17(8-10-18)13-24-20(27)14-25-22(29)31-23(2,3)4/h5-12H,13-15H2,1-4H3,(H,24,27)(H,25,29)(H,26,28). The molecule has 0 fully saturated rings. The molecule has 8 nitrogen and oxygen atoms in total. The summed E-state index contributed by atoms with van der Waals surface area (Å²) < 4.78 is 10.5. The lowest BCUT2D eigenvalue weighted by atomic mass is 10.2. The van der Waals surface area contributed by atoms with E-state index < -0.39 is 11.7 Å². The average Bonchev–Trinajstić information content (AvgIpc) is 2.70. The number of aryl methyl sites for hydroxylation is 1. The summed E-state index contributed by atoms with van der Waals surface area (Å²) in [6.07, 6.45) is -0.644. The molecule has 3 N–H and O–H groups in total. The van der Waals surface area contributed by atoms with E-state index in [9.17, 15) is 14.4 Å². The Bertz CT molecular complexity index is 887. The molecule has 0 aliphatic heterocycles. The van der Waals surface area contributed by atoms with Gasteiger partial charge in [-0.25, -0.2) is 4.79 Å². The number of benzene rings is 2. The summed E-state index contributed by atoms with van der Waals surface area (Å²) in [7, 11) is 0. The van der Waals surface area contributed by atoms with Gasteiger partial charge in [0.05, 0.1) is 0 Å². The summed E-state index contributed by atoms with van der Waals surface area (Å²) in [5, 5.41) is 7.86. The Morgan fingerprint density at radius 1 is 0.871 bits per heavy atom. The number of hydrogen-bond acceptors (Lipinski definition) is 5. The monoisotopic (exact) mass is 427 g/mol. The number of anilines is 1. The third-order valence-corrected chi connectivity index (χ3v) is 3.91. The van der Waals surface area contributed by atoms with Gasteiger partial charge in [0.15, 0.2) is 6.61 Å². The van der Waals surface area contributed by atoms with Crippen LogP contribution in [0.1, 0.15) is 31.9 Å². The van der Waals surface area contributed by atoms with Gasteiger partial charge < -0.3 is 25.4 Å². The van der Waals surface area contributed by atoms with Crippen molar-refractivity contribution in [1.29, 1.82) is 0 Å². The van der Waals surface area contributed by atoms with Crippen molar-refractivity contribution >= 4 is 23.6 Å². The largest absolute Gasteiger partial charge is 0.484 e. The van der Waals surface area contributed by atoms with E-state index in [4.69, 9.17) is 9.47 Å². The number of rotatable bonds is 8. The lowest BCUT2D eigenvalue weighted by molar-refractivity contribution is -0.120. The summed E-state index contributed by atoms with van der Waals surface area (Å²) in [4.78, 5) is 35.4. The summed E-state index contributed by atoms with van der Waals surface area (Å²) in [5.74, 6) is 0.0272. The van der Waals surface area contributed by atoms with Gasteiger partial charge in [-0.2, -0.15) is 0 Å². The first-order chi connectivity index (χ1) is 14.6. The van der Waals surface area contributed by atoms with E-state index in [1.54, 1.807) is 45.0 Å². The van der Waals surface area contributed by atoms with Crippen molar-refractivity contribution in [1.82, 2.24) is 10.6 Å². The van der Waals surface area contributed by atoms with Crippen LogP contribution in [0.15, 0.2) is 48.5 Å². The van der Waals surface area contributed by atoms with Crippen LogP contribution in [0, 0.1) is 6.92 Å². The zero-order valence-corrected chi connectivity index (χ0v) is 18.3. The number of alkyl carbamates (subject to hydrolysis) is 1. The molecule has 0 aromatic heterocycles. The van der Waals surface area contributed by atoms with E-state index in [0.717, 1.165) is 11.1 Å². The third kappa shape index (κ3) is 9.66. The Kier molecular flexibility index (Phi) is 8.43. The fourth-order valence-electron chi connectivity index (χ4n) is 2.42. The van der Waals surface area contributed by atoms with Crippen LogP contribution in [0.3, 0.4) is 0 Å². The van der Waals surface area contributed by atoms with E-state index in [0.29, 0.717) is 18.0 Å². The second kappa shape index (κ2) is 11.0. The lowest BCUT2D eigenvalue weighted by Crippen LogP contribution is -2.39. The number of nitrogens with one attached hydrogen (secondary N) is 3. The van der Waals surface area contributed by atoms with Gasteiger partial charge >= 0.3 is 6.09 Å². The smallest absolute Gasteiger partial charge is 0.408 e. The predicted molar refractivity (Wildman–Crippen MR) is 118 cm³/mol. The molecule has 0 spiro atoms. The van der Waals surface area contributed by atoms with Crippen molar-refractivity contribution in [3.63, 3.8) is 0 Å². The zero-order valence-electron chi connectivity index (χ0n) is 18.3. The van der Waals surface area contributed by atoms with E-state index >= 15 is 0 Å². The first-order valence-electron chi connectivity index (χ1n) is 9.92. The number of carbonyl (C=O) groups excluding carboxylic acids is 3. The van der Waals surface area contributed by atoms with Crippen molar-refractivity contribution < 1.29 is 23.9 Å². The first kappa shape index (κ1) is 23.7. The topological polar surface area (TPSA) is 106 Å². The van der Waals surface area contributed by atoms with Crippen LogP contribution < -0.4 is 20.7 Å². The summed E-state index contributed by atoms with van der Waals surface area (Å²) in [5.41, 5.74) is 1.97. The van der Waals surface area contributed by atoms with Gasteiger partial charge in [-0.05, 0) is 57.5 Å². The minimum absolute atomic E-state index is 0.0917. The van der Waals surface area contributed by atoms with Crippen molar-refractivity contribution in [3.8, 4) is 5.75 Å². The number of amides is 3. The fraction of sp³-hybridized carbons (Fsp3) is 0.348. The van der Waals surface area contributed by atoms with Crippen LogP contribution in [-0.4, -0.2) is 36.7 Å². The second-order valence-corrected chi connectivity index (χ2v) is 7.98. The number of ether oxygens (including phenoxy) is 2. The van der Waals surface area contributed by atoms with Crippen LogP contribution >= 0.6 is 0 Å². The molecule has 31 heavy (non-hydrogen) atoms. The SMILES string of the molecule is Cc1ccc(OCC(=O)Nc2ccc(CNC(=O)CNC(=O)OC(C)(C)C)cc2)cc1. The Morgan fingerprint density at radius 2 is 1.52 bits per heavy atom. The number of hydrogen-bond donors (Lipinski definition) is 3. The van der Waals surface area contributed by atoms with Gasteiger partial charge in [-0.3, -0.25) is 9.59 Å². The second-order valence-electron chi connectivity index (χ2n) is 7.98. The molecule has 0 heterocycles. The lowest BCUT2D eigenvalue weighted by Gasteiger charge is -2.19. The molecule has 0 bridgehead atoms. The molecule has 0 unspecified atom stereocenters. The van der Waals surface area contributed by atoms with E-state index in [2.05, 4.69) is 16.0 Å². The van der Waals surface area contributed by atoms with E-state index in [1.807, 2.05) is 31.2 Å². The average molecular weight is 428 g/mol. The fourth-order valence-corrected chi connectivity index (χ4v) is 2.42. The number of carbonyl (C=O) groups is 3. The Labute approximate surface area is 182 Å². The molecular formula is C23H29N3O5. The minimum Gasteiger partial charge on any atom is -0.484 e. The van der Waals surface area contributed by atoms with Crippen LogP contribution in [-0.2, 0) is 20.9 Å². The molecular weight excluding hydrogens is 398 g/mol. The highest BCUT2D eigenvalue weighted by Gasteiger charge is 2.16. The van der Waals surface area contributed by atoms with E-state index in [-0.39, 0.29) is 25.0 Å². The Morgan fingerprint density at radius 3 is 2.13 bits per heavy atom. The third-order valence-electron chi connectivity index (χ3n) is 3.91. The zero-order chi connectivity index (χ0) is 22.9. The molecule has 0 atom stereocenters. The van der Waals surface area contributed by atoms with Crippen LogP contribution in [0.4, 0.5) is 10.5 Å². The van der Waals surface area contributed by atoms with Crippen LogP contribution in [0.2, 0.25) is 0 Å². The Balaban J connectivity index is 1.70. The molecule has 0 aliphatic rings. The van der Waals surface area contributed by atoms with E-state index in [1.165, 1.54) is 0 Å². The molecule has 166 valence electrons. The first-order valence-corrected chi connectivity index (χ1v) is 9.92. The molecule has 8 heteroatoms. The maximum Gasteiger partial charge on any atom is 0.408 e. The molecule has 0 aliphatic carbocycles. The van der Waals surface area contributed by atoms with Crippen molar-refractivity contribution in [3.05, 3.63) is 59.7 Å². The van der Waals surface area contributed by atoms with Crippen molar-refractivity contribution in [2.75, 3.05) is 18.5 Å². The molecule has 0 radical (unpaired) electrons. The van der Waals surface area contributed by atoms with Gasteiger partial charge in [0, 0.05) is 12.2 Å². The predicted octanol–water partition coefficient (Wildman–Crippen LogP) is 3.15. The quantitative estimate of drug-likeness (QED) is 0.600. The highest BCUT2D eigenvalue weighted by Crippen LogP contribution is 2.12. The highest BCUT2D eigenvalue weighted by atomic mass is 16.6. The Hall–Kier alpha value is -3.55. The van der Waals surface area contributed by atoms with Crippen LogP contribution in [0.25, 0.3) is 0 Å². The van der Waals surface area contributed by atoms with Gasteiger partial charge in [-0.15, -0.1) is 0 Å². The summed E-state index contributed by atoms with van der Waals surface area (Å²) in [6.45, 7) is 7.24. The molecule has 2 rings (SSSR count). The molecule has 0 saturated heterocycles. The van der Waals surface area contributed by atoms with Gasteiger partial charge in [0.1, 0.15) is 17.9 Å². The van der Waals surface area contributed by atoms with Crippen molar-refractivity contribution in [2.45, 2.75) is 39.8 Å². The normalized spacial score (nSPS) is 10.7. The van der Waals surface area contributed by atoms with Gasteiger partial charge in [-0.1, -0.05) is 29.8 Å². The van der Waals surface area contributed by atoms with Crippen molar-refractivity contribution in [2.24, 2.45) is 0 Å². The van der Waals surface area contributed by atoms with Gasteiger partial charge in [0.2, 0.25) is 5.91 Å². The maximum atomic E-state index is 12.0. The molecule has 0 saturated carbocycles. The summed E-state index contributed by atoms with van der Waals surface area (Å²) >= 11 is 0. The minimum atomic E-state index is -0.644. The van der Waals surface area contributed by atoms with Gasteiger partial charge in [0.25, 0.3) is 5.91 Å². The maximum absolute atomic E-state index is 12.0.